The normalized spacial score (nSPS) is 29.2. The Balaban J connectivity index is 2.50. The fourth-order valence-electron chi connectivity index (χ4n) is 1.17. The summed E-state index contributed by atoms with van der Waals surface area (Å²) in [6, 6.07) is 0.313. The average molecular weight is 169 g/mol. The van der Waals surface area contributed by atoms with Crippen LogP contribution >= 0.6 is 0 Å². The van der Waals surface area contributed by atoms with Crippen LogP contribution in [0.5, 0.6) is 0 Å². The molecule has 1 fully saturated rings. The first-order chi connectivity index (χ1) is 5.59. The Morgan fingerprint density at radius 1 is 1.25 bits per heavy atom. The predicted octanol–water partition coefficient (Wildman–Crippen LogP) is -0.627. The molecule has 0 aromatic rings. The molecule has 1 aliphatic rings. The SMILES string of the molecule is CC1CCC1N=C(N)N=C(N)N. The summed E-state index contributed by atoms with van der Waals surface area (Å²) in [5.74, 6) is 0.757. The lowest BCUT2D eigenvalue weighted by Gasteiger charge is -2.29. The number of rotatable bonds is 1. The molecule has 0 aliphatic heterocycles. The molecule has 0 amide bonds. The van der Waals surface area contributed by atoms with Crippen molar-refractivity contribution in [1.29, 1.82) is 0 Å². The van der Waals surface area contributed by atoms with Gasteiger partial charge in [-0.1, -0.05) is 6.92 Å². The van der Waals surface area contributed by atoms with E-state index in [1.54, 1.807) is 0 Å². The van der Waals surface area contributed by atoms with Crippen LogP contribution in [0, 0.1) is 5.92 Å². The van der Waals surface area contributed by atoms with Gasteiger partial charge in [-0.3, -0.25) is 0 Å². The molecule has 12 heavy (non-hydrogen) atoms. The number of nitrogens with two attached hydrogens (primary N) is 3. The van der Waals surface area contributed by atoms with Crippen LogP contribution in [0.1, 0.15) is 19.8 Å². The molecule has 0 heterocycles. The summed E-state index contributed by atoms with van der Waals surface area (Å²) < 4.78 is 0. The zero-order chi connectivity index (χ0) is 9.14. The summed E-state index contributed by atoms with van der Waals surface area (Å²) in [6.45, 7) is 2.14. The Labute approximate surface area is 71.7 Å². The van der Waals surface area contributed by atoms with Crippen LogP contribution in [0.2, 0.25) is 0 Å². The zero-order valence-corrected chi connectivity index (χ0v) is 7.20. The Morgan fingerprint density at radius 2 is 1.92 bits per heavy atom. The van der Waals surface area contributed by atoms with E-state index < -0.39 is 0 Å². The van der Waals surface area contributed by atoms with Crippen molar-refractivity contribution in [3.63, 3.8) is 0 Å². The van der Waals surface area contributed by atoms with Crippen LogP contribution in [0.4, 0.5) is 0 Å². The Kier molecular flexibility index (Phi) is 2.52. The second-order valence-corrected chi connectivity index (χ2v) is 3.15. The van der Waals surface area contributed by atoms with Gasteiger partial charge in [0.05, 0.1) is 6.04 Å². The van der Waals surface area contributed by atoms with Crippen molar-refractivity contribution in [3.8, 4) is 0 Å². The second-order valence-electron chi connectivity index (χ2n) is 3.15. The molecule has 0 saturated heterocycles. The highest BCUT2D eigenvalue weighted by molar-refractivity contribution is 5.92. The van der Waals surface area contributed by atoms with Crippen molar-refractivity contribution >= 4 is 11.9 Å². The van der Waals surface area contributed by atoms with Crippen molar-refractivity contribution in [1.82, 2.24) is 0 Å². The minimum Gasteiger partial charge on any atom is -0.370 e. The van der Waals surface area contributed by atoms with Crippen LogP contribution in [0.15, 0.2) is 9.98 Å². The van der Waals surface area contributed by atoms with E-state index in [-0.39, 0.29) is 11.9 Å². The van der Waals surface area contributed by atoms with Gasteiger partial charge in [-0.25, -0.2) is 4.99 Å². The van der Waals surface area contributed by atoms with Crippen LogP contribution in [-0.4, -0.2) is 18.0 Å². The molecule has 6 N–H and O–H groups in total. The molecule has 1 aliphatic carbocycles. The van der Waals surface area contributed by atoms with Crippen molar-refractivity contribution in [2.45, 2.75) is 25.8 Å². The summed E-state index contributed by atoms with van der Waals surface area (Å²) in [5.41, 5.74) is 15.7. The molecule has 0 radical (unpaired) electrons. The van der Waals surface area contributed by atoms with Crippen molar-refractivity contribution in [2.24, 2.45) is 33.1 Å². The molecule has 0 aromatic heterocycles. The van der Waals surface area contributed by atoms with E-state index in [0.29, 0.717) is 12.0 Å². The van der Waals surface area contributed by atoms with Gasteiger partial charge in [0.15, 0.2) is 5.96 Å². The average Bonchev–Trinajstić information content (AvgIpc) is 1.96. The van der Waals surface area contributed by atoms with Gasteiger partial charge in [0, 0.05) is 0 Å². The summed E-state index contributed by atoms with van der Waals surface area (Å²) >= 11 is 0. The first-order valence-corrected chi connectivity index (χ1v) is 4.02. The lowest BCUT2D eigenvalue weighted by atomic mass is 9.82. The first-order valence-electron chi connectivity index (χ1n) is 4.02. The van der Waals surface area contributed by atoms with E-state index in [4.69, 9.17) is 17.2 Å². The highest BCUT2D eigenvalue weighted by Crippen LogP contribution is 2.29. The van der Waals surface area contributed by atoms with Gasteiger partial charge < -0.3 is 17.2 Å². The van der Waals surface area contributed by atoms with E-state index in [1.165, 1.54) is 6.42 Å². The topological polar surface area (TPSA) is 103 Å². The molecule has 5 nitrogen and oxygen atoms in total. The van der Waals surface area contributed by atoms with E-state index in [0.717, 1.165) is 6.42 Å². The maximum atomic E-state index is 5.45. The van der Waals surface area contributed by atoms with Crippen molar-refractivity contribution < 1.29 is 0 Å². The quantitative estimate of drug-likeness (QED) is 0.360. The molecule has 1 saturated carbocycles. The Morgan fingerprint density at radius 3 is 2.25 bits per heavy atom. The van der Waals surface area contributed by atoms with Gasteiger partial charge in [-0.05, 0) is 18.8 Å². The number of nitrogens with zero attached hydrogens (tertiary/aromatic N) is 2. The Hall–Kier alpha value is -1.26. The highest BCUT2D eigenvalue weighted by Gasteiger charge is 2.26. The van der Waals surface area contributed by atoms with Crippen molar-refractivity contribution in [3.05, 3.63) is 0 Å². The zero-order valence-electron chi connectivity index (χ0n) is 7.20. The summed E-state index contributed by atoms with van der Waals surface area (Å²) in [4.78, 5) is 7.78. The minimum absolute atomic E-state index is 0.0387. The fraction of sp³-hybridized carbons (Fsp3) is 0.714. The molecular weight excluding hydrogens is 154 g/mol. The van der Waals surface area contributed by atoms with Crippen LogP contribution < -0.4 is 17.2 Å². The predicted molar refractivity (Wildman–Crippen MR) is 49.6 cm³/mol. The number of hydrogen-bond donors (Lipinski definition) is 3. The van der Waals surface area contributed by atoms with Gasteiger partial charge in [0.25, 0.3) is 0 Å². The molecule has 2 atom stereocenters. The van der Waals surface area contributed by atoms with Crippen LogP contribution in [-0.2, 0) is 0 Å². The van der Waals surface area contributed by atoms with Gasteiger partial charge >= 0.3 is 0 Å². The molecular formula is C7H15N5. The number of aliphatic imine (C=N–C) groups is 2. The highest BCUT2D eigenvalue weighted by atomic mass is 15.1. The molecule has 1 rings (SSSR count). The molecule has 0 aromatic carbocycles. The Bertz CT molecular complexity index is 216. The summed E-state index contributed by atoms with van der Waals surface area (Å²) in [5, 5.41) is 0. The monoisotopic (exact) mass is 169 g/mol. The third-order valence-electron chi connectivity index (χ3n) is 2.12. The summed E-state index contributed by atoms with van der Waals surface area (Å²) in [6.07, 6.45) is 2.30. The first kappa shape index (κ1) is 8.83. The lowest BCUT2D eigenvalue weighted by molar-refractivity contribution is 0.284. The van der Waals surface area contributed by atoms with E-state index in [9.17, 15) is 0 Å². The molecule has 0 bridgehead atoms. The van der Waals surface area contributed by atoms with Gasteiger partial charge in [-0.2, -0.15) is 4.99 Å². The summed E-state index contributed by atoms with van der Waals surface area (Å²) in [7, 11) is 0. The van der Waals surface area contributed by atoms with Gasteiger partial charge in [-0.15, -0.1) is 0 Å². The molecule has 2 unspecified atom stereocenters. The van der Waals surface area contributed by atoms with E-state index in [2.05, 4.69) is 16.9 Å². The lowest BCUT2D eigenvalue weighted by Crippen LogP contribution is -2.31. The molecule has 5 heteroatoms. The fourth-order valence-corrected chi connectivity index (χ4v) is 1.17. The van der Waals surface area contributed by atoms with Gasteiger partial charge in [0.1, 0.15) is 0 Å². The molecule has 68 valence electrons. The smallest absolute Gasteiger partial charge is 0.218 e. The molecule has 0 spiro atoms. The number of guanidine groups is 2. The van der Waals surface area contributed by atoms with E-state index in [1.807, 2.05) is 0 Å². The third kappa shape index (κ3) is 2.11. The standard InChI is InChI=1S/C7H15N5/c1-4-2-3-5(4)11-7(10)12-6(8)9/h4-5H,2-3H2,1H3,(H6,8,9,10,11,12). The van der Waals surface area contributed by atoms with Crippen LogP contribution in [0.25, 0.3) is 0 Å². The minimum atomic E-state index is -0.0387. The number of hydrogen-bond acceptors (Lipinski definition) is 1. The van der Waals surface area contributed by atoms with Crippen LogP contribution in [0.3, 0.4) is 0 Å². The van der Waals surface area contributed by atoms with E-state index >= 15 is 0 Å². The largest absolute Gasteiger partial charge is 0.370 e. The van der Waals surface area contributed by atoms with Gasteiger partial charge in [0.2, 0.25) is 5.96 Å². The third-order valence-corrected chi connectivity index (χ3v) is 2.12. The maximum absolute atomic E-state index is 5.45. The second kappa shape index (κ2) is 3.42. The van der Waals surface area contributed by atoms with Crippen molar-refractivity contribution in [2.75, 3.05) is 0 Å². The maximum Gasteiger partial charge on any atom is 0.218 e.